The van der Waals surface area contributed by atoms with Crippen LogP contribution in [0.25, 0.3) is 0 Å². The average Bonchev–Trinajstić information content (AvgIpc) is 2.33. The van der Waals surface area contributed by atoms with E-state index in [1.165, 1.54) is 0 Å². The number of anilines is 1. The average molecular weight is 285 g/mol. The van der Waals surface area contributed by atoms with E-state index >= 15 is 0 Å². The lowest BCUT2D eigenvalue weighted by Gasteiger charge is -2.19. The van der Waals surface area contributed by atoms with Crippen molar-refractivity contribution in [3.8, 4) is 0 Å². The lowest BCUT2D eigenvalue weighted by molar-refractivity contribution is -0.155. The van der Waals surface area contributed by atoms with Crippen molar-refractivity contribution in [2.45, 2.75) is 12.5 Å². The van der Waals surface area contributed by atoms with Crippen LogP contribution in [0.15, 0.2) is 0 Å². The van der Waals surface area contributed by atoms with Gasteiger partial charge in [0.2, 0.25) is 5.82 Å². The molecule has 0 bridgehead atoms. The highest BCUT2D eigenvalue weighted by Crippen LogP contribution is 2.27. The zero-order chi connectivity index (χ0) is 15.0. The van der Waals surface area contributed by atoms with Gasteiger partial charge < -0.3 is 15.5 Å². The molecule has 106 valence electrons. The van der Waals surface area contributed by atoms with Crippen LogP contribution in [-0.2, 0) is 4.79 Å². The molecule has 0 aliphatic heterocycles. The van der Waals surface area contributed by atoms with Gasteiger partial charge in [-0.2, -0.15) is 0 Å². The van der Waals surface area contributed by atoms with E-state index in [0.29, 0.717) is 0 Å². The van der Waals surface area contributed by atoms with Crippen molar-refractivity contribution in [1.82, 2.24) is 0 Å². The standard InChI is InChI=1S/C10H8F5NO3/c1-10(19,9(17)18)2-16-8-6(14)4(12)3(11)5(13)7(8)15/h16,19H,2H2,1H3,(H,17,18). The second-order valence-corrected chi connectivity index (χ2v) is 3.88. The normalized spacial score (nSPS) is 14.1. The predicted octanol–water partition coefficient (Wildman–Crippen LogP) is 1.63. The summed E-state index contributed by atoms with van der Waals surface area (Å²) in [6.45, 7) is -0.172. The van der Waals surface area contributed by atoms with E-state index < -0.39 is 52.9 Å². The first-order valence-electron chi connectivity index (χ1n) is 4.80. The van der Waals surface area contributed by atoms with Crippen molar-refractivity contribution in [1.29, 1.82) is 0 Å². The number of halogens is 5. The van der Waals surface area contributed by atoms with Crippen LogP contribution in [0.1, 0.15) is 6.92 Å². The Balaban J connectivity index is 3.13. The third kappa shape index (κ3) is 2.75. The second-order valence-electron chi connectivity index (χ2n) is 3.88. The maximum atomic E-state index is 13.2. The number of benzene rings is 1. The number of carbonyl (C=O) groups is 1. The first-order chi connectivity index (χ1) is 8.59. The SMILES string of the molecule is CC(O)(CNc1c(F)c(F)c(F)c(F)c1F)C(=O)O. The van der Waals surface area contributed by atoms with Gasteiger partial charge in [-0.1, -0.05) is 0 Å². The number of aliphatic hydroxyl groups is 1. The fourth-order valence-electron chi connectivity index (χ4n) is 1.10. The van der Waals surface area contributed by atoms with Gasteiger partial charge in [0.25, 0.3) is 0 Å². The molecular formula is C10H8F5NO3. The smallest absolute Gasteiger partial charge is 0.337 e. The van der Waals surface area contributed by atoms with E-state index in [9.17, 15) is 31.9 Å². The Hall–Kier alpha value is -1.90. The fraction of sp³-hybridized carbons (Fsp3) is 0.300. The Labute approximate surface area is 103 Å². The van der Waals surface area contributed by atoms with Crippen LogP contribution in [0, 0.1) is 29.1 Å². The molecule has 1 aromatic carbocycles. The third-order valence-electron chi connectivity index (χ3n) is 2.28. The van der Waals surface area contributed by atoms with Crippen molar-refractivity contribution in [3.63, 3.8) is 0 Å². The lowest BCUT2D eigenvalue weighted by Crippen LogP contribution is -2.42. The van der Waals surface area contributed by atoms with Gasteiger partial charge in [0.1, 0.15) is 5.69 Å². The van der Waals surface area contributed by atoms with Crippen LogP contribution in [0.3, 0.4) is 0 Å². The summed E-state index contributed by atoms with van der Waals surface area (Å²) in [6.07, 6.45) is 0. The molecule has 0 saturated heterocycles. The molecule has 0 spiro atoms. The minimum Gasteiger partial charge on any atom is -0.479 e. The zero-order valence-electron chi connectivity index (χ0n) is 9.40. The van der Waals surface area contributed by atoms with Gasteiger partial charge in [-0.25, -0.2) is 26.7 Å². The summed E-state index contributed by atoms with van der Waals surface area (Å²) in [7, 11) is 0. The molecule has 1 atom stereocenters. The van der Waals surface area contributed by atoms with Crippen LogP contribution >= 0.6 is 0 Å². The minimum atomic E-state index is -2.44. The van der Waals surface area contributed by atoms with E-state index in [2.05, 4.69) is 0 Å². The van der Waals surface area contributed by atoms with Crippen LogP contribution < -0.4 is 5.32 Å². The number of carboxylic acid groups (broad SMARTS) is 1. The Morgan fingerprint density at radius 3 is 1.79 bits per heavy atom. The summed E-state index contributed by atoms with van der Waals surface area (Å²) >= 11 is 0. The molecule has 3 N–H and O–H groups in total. The van der Waals surface area contributed by atoms with Crippen LogP contribution in [0.4, 0.5) is 27.6 Å². The number of rotatable bonds is 4. The van der Waals surface area contributed by atoms with Gasteiger partial charge in [0.15, 0.2) is 28.9 Å². The number of hydrogen-bond acceptors (Lipinski definition) is 3. The molecule has 4 nitrogen and oxygen atoms in total. The lowest BCUT2D eigenvalue weighted by atomic mass is 10.1. The van der Waals surface area contributed by atoms with Crippen molar-refractivity contribution >= 4 is 11.7 Å². The summed E-state index contributed by atoms with van der Waals surface area (Å²) < 4.78 is 64.6. The monoisotopic (exact) mass is 285 g/mol. The van der Waals surface area contributed by atoms with Gasteiger partial charge in [0.05, 0.1) is 6.54 Å². The molecule has 0 radical (unpaired) electrons. The van der Waals surface area contributed by atoms with Crippen molar-refractivity contribution in [2.75, 3.05) is 11.9 Å². The van der Waals surface area contributed by atoms with Crippen molar-refractivity contribution in [2.24, 2.45) is 0 Å². The quantitative estimate of drug-likeness (QED) is 0.447. The molecule has 9 heteroatoms. The molecule has 0 amide bonds. The molecular weight excluding hydrogens is 277 g/mol. The number of hydrogen-bond donors (Lipinski definition) is 3. The molecule has 0 fully saturated rings. The maximum Gasteiger partial charge on any atom is 0.337 e. The highest BCUT2D eigenvalue weighted by atomic mass is 19.2. The summed E-state index contributed by atoms with van der Waals surface area (Å²) in [4.78, 5) is 10.5. The Bertz CT molecular complexity index is 503. The highest BCUT2D eigenvalue weighted by molar-refractivity contribution is 5.77. The molecule has 0 heterocycles. The molecule has 0 aliphatic carbocycles. The topological polar surface area (TPSA) is 69.6 Å². The van der Waals surface area contributed by atoms with E-state index in [1.54, 1.807) is 5.32 Å². The summed E-state index contributed by atoms with van der Waals surface area (Å²) in [5.41, 5.74) is -3.85. The summed E-state index contributed by atoms with van der Waals surface area (Å²) in [6, 6.07) is 0. The van der Waals surface area contributed by atoms with Crippen LogP contribution in [0.5, 0.6) is 0 Å². The van der Waals surface area contributed by atoms with Crippen molar-refractivity contribution < 1.29 is 37.0 Å². The molecule has 0 aliphatic rings. The maximum absolute atomic E-state index is 13.2. The Morgan fingerprint density at radius 2 is 1.42 bits per heavy atom. The first kappa shape index (κ1) is 15.2. The summed E-state index contributed by atoms with van der Waals surface area (Å²) in [5, 5.41) is 19.5. The van der Waals surface area contributed by atoms with Gasteiger partial charge >= 0.3 is 5.97 Å². The molecule has 0 aromatic heterocycles. The van der Waals surface area contributed by atoms with E-state index in [-0.39, 0.29) is 0 Å². The second kappa shape index (κ2) is 5.00. The largest absolute Gasteiger partial charge is 0.479 e. The zero-order valence-corrected chi connectivity index (χ0v) is 9.40. The third-order valence-corrected chi connectivity index (χ3v) is 2.28. The van der Waals surface area contributed by atoms with Crippen molar-refractivity contribution in [3.05, 3.63) is 29.1 Å². The number of nitrogens with one attached hydrogen (secondary N) is 1. The van der Waals surface area contributed by atoms with Gasteiger partial charge in [-0.15, -0.1) is 0 Å². The molecule has 0 saturated carbocycles. The summed E-state index contributed by atoms with van der Waals surface area (Å²) in [5.74, 6) is -12.7. The fourth-order valence-corrected chi connectivity index (χ4v) is 1.10. The van der Waals surface area contributed by atoms with Crippen LogP contribution in [0.2, 0.25) is 0 Å². The number of carboxylic acids is 1. The van der Waals surface area contributed by atoms with Gasteiger partial charge in [-0.3, -0.25) is 0 Å². The van der Waals surface area contributed by atoms with Gasteiger partial charge in [-0.05, 0) is 6.92 Å². The molecule has 1 unspecified atom stereocenters. The van der Waals surface area contributed by atoms with Crippen LogP contribution in [-0.4, -0.2) is 28.3 Å². The highest BCUT2D eigenvalue weighted by Gasteiger charge is 2.32. The minimum absolute atomic E-state index is 0.786. The van der Waals surface area contributed by atoms with E-state index in [0.717, 1.165) is 6.92 Å². The van der Waals surface area contributed by atoms with E-state index in [1.807, 2.05) is 0 Å². The number of aliphatic carboxylic acids is 1. The van der Waals surface area contributed by atoms with Gasteiger partial charge in [0, 0.05) is 0 Å². The molecule has 1 rings (SSSR count). The Kier molecular flexibility index (Phi) is 3.99. The first-order valence-corrected chi connectivity index (χ1v) is 4.80. The molecule has 19 heavy (non-hydrogen) atoms. The Morgan fingerprint density at radius 1 is 1.05 bits per heavy atom. The van der Waals surface area contributed by atoms with E-state index in [4.69, 9.17) is 5.11 Å². The predicted molar refractivity (Wildman–Crippen MR) is 53.0 cm³/mol. The molecule has 1 aromatic rings.